The molecule has 0 saturated carbocycles. The Morgan fingerprint density at radius 1 is 0.696 bits per heavy atom. The van der Waals surface area contributed by atoms with Crippen LogP contribution in [0.1, 0.15) is 54.9 Å². The summed E-state index contributed by atoms with van der Waals surface area (Å²) < 4.78 is 20.7. The van der Waals surface area contributed by atoms with Crippen molar-refractivity contribution in [2.75, 3.05) is 32.9 Å². The molecule has 0 aliphatic carbocycles. The highest BCUT2D eigenvalue weighted by molar-refractivity contribution is 6.77. The molecule has 0 rings (SSSR count). The highest BCUT2D eigenvalue weighted by atomic mass is 28.4. The van der Waals surface area contributed by atoms with Gasteiger partial charge in [-0.15, -0.1) is 0 Å². The van der Waals surface area contributed by atoms with E-state index in [9.17, 15) is 0 Å². The molecule has 6 heteroatoms. The average Bonchev–Trinajstić information content (AvgIpc) is 2.56. The number of hydrogen-bond acceptors (Lipinski definition) is 4. The molecule has 0 N–H and O–H groups in total. The van der Waals surface area contributed by atoms with Gasteiger partial charge < -0.3 is 17.8 Å². The van der Waals surface area contributed by atoms with Gasteiger partial charge in [0.15, 0.2) is 0 Å². The zero-order valence-corrected chi connectivity index (χ0v) is 18.7. The molecule has 0 spiro atoms. The lowest BCUT2D eigenvalue weighted by molar-refractivity contribution is 0.0704. The van der Waals surface area contributed by atoms with E-state index in [-0.39, 0.29) is 0 Å². The van der Waals surface area contributed by atoms with Crippen molar-refractivity contribution in [3.05, 3.63) is 0 Å². The van der Waals surface area contributed by atoms with Gasteiger partial charge in [0, 0.05) is 25.9 Å². The summed E-state index contributed by atoms with van der Waals surface area (Å²) in [5, 5.41) is 0. The van der Waals surface area contributed by atoms with Gasteiger partial charge in [-0.2, -0.15) is 0 Å². The van der Waals surface area contributed by atoms with Crippen molar-refractivity contribution in [2.24, 2.45) is 0 Å². The molecule has 0 amide bonds. The Hall–Kier alpha value is 0.274. The van der Waals surface area contributed by atoms with E-state index in [1.54, 1.807) is 0 Å². The molecule has 0 atom stereocenters. The molecule has 0 fully saturated rings. The van der Waals surface area contributed by atoms with Crippen LogP contribution in [0.4, 0.5) is 0 Å². The Bertz CT molecular complexity index is 264. The number of hydrogen-bond donors (Lipinski definition) is 0. The highest BCUT2D eigenvalue weighted by Gasteiger charge is 2.40. The third-order valence-electron chi connectivity index (χ3n) is 5.03. The third-order valence-corrected chi connectivity index (χ3v) is 14.0. The number of rotatable bonds is 15. The topological polar surface area (TPSA) is 30.9 Å². The summed E-state index contributed by atoms with van der Waals surface area (Å²) in [4.78, 5) is 0. The van der Waals surface area contributed by atoms with Crippen LogP contribution in [-0.4, -0.2) is 54.5 Å². The van der Waals surface area contributed by atoms with Crippen molar-refractivity contribution in [3.63, 3.8) is 0 Å². The van der Waals surface area contributed by atoms with Crippen molar-refractivity contribution >= 4 is 17.0 Å². The first-order valence-corrected chi connectivity index (χ1v) is 14.2. The minimum atomic E-state index is -2.48. The quantitative estimate of drug-likeness (QED) is 0.393. The largest absolute Gasteiger partial charge is 0.500 e. The Morgan fingerprint density at radius 3 is 1.43 bits per heavy atom. The summed E-state index contributed by atoms with van der Waals surface area (Å²) in [6.07, 6.45) is 1.11. The van der Waals surface area contributed by atoms with Gasteiger partial charge in [0.05, 0.1) is 0 Å². The first-order chi connectivity index (χ1) is 11.0. The van der Waals surface area contributed by atoms with Gasteiger partial charge in [-0.05, 0) is 58.4 Å². The van der Waals surface area contributed by atoms with E-state index in [1.165, 1.54) is 18.1 Å². The lowest BCUT2D eigenvalue weighted by atomic mass is 10.5. The van der Waals surface area contributed by atoms with E-state index in [2.05, 4.69) is 32.3 Å². The van der Waals surface area contributed by atoms with Gasteiger partial charge in [-0.3, -0.25) is 0 Å². The summed E-state index contributed by atoms with van der Waals surface area (Å²) in [5.74, 6) is 0. The zero-order chi connectivity index (χ0) is 17.8. The molecule has 0 aliphatic heterocycles. The predicted molar refractivity (Wildman–Crippen MR) is 105 cm³/mol. The predicted octanol–water partition coefficient (Wildman–Crippen LogP) is 4.75. The van der Waals surface area contributed by atoms with Crippen molar-refractivity contribution in [2.45, 2.75) is 79.1 Å². The number of nitrogens with zero attached hydrogens (tertiary/aromatic N) is 1. The first kappa shape index (κ1) is 23.3. The van der Waals surface area contributed by atoms with Crippen LogP contribution in [0.3, 0.4) is 0 Å². The second kappa shape index (κ2) is 12.6. The van der Waals surface area contributed by atoms with Crippen molar-refractivity contribution in [1.82, 2.24) is 4.57 Å². The Balaban J connectivity index is 4.82. The van der Waals surface area contributed by atoms with Gasteiger partial charge in [-0.25, -0.2) is 0 Å². The second-order valence-corrected chi connectivity index (χ2v) is 13.9. The van der Waals surface area contributed by atoms with Gasteiger partial charge in [0.1, 0.15) is 8.24 Å². The minimum Gasteiger partial charge on any atom is -0.374 e. The molecule has 0 bridgehead atoms. The Kier molecular flexibility index (Phi) is 12.8. The molecule has 4 nitrogen and oxygen atoms in total. The second-order valence-electron chi connectivity index (χ2n) is 5.95. The van der Waals surface area contributed by atoms with Crippen LogP contribution >= 0.6 is 0 Å². The van der Waals surface area contributed by atoms with E-state index >= 15 is 0 Å². The molecule has 0 unspecified atom stereocenters. The van der Waals surface area contributed by atoms with Crippen LogP contribution in [0.5, 0.6) is 0 Å². The van der Waals surface area contributed by atoms with E-state index in [4.69, 9.17) is 13.3 Å². The van der Waals surface area contributed by atoms with E-state index in [0.29, 0.717) is 19.8 Å². The van der Waals surface area contributed by atoms with Gasteiger partial charge >= 0.3 is 8.80 Å². The molecular formula is C17H41NO3Si2. The zero-order valence-electron chi connectivity index (χ0n) is 16.7. The average molecular weight is 364 g/mol. The fourth-order valence-corrected chi connectivity index (χ4v) is 10.4. The van der Waals surface area contributed by atoms with E-state index in [0.717, 1.165) is 25.6 Å². The molecule has 0 saturated heterocycles. The standard InChI is InChI=1S/C17H41NO3Si2/c1-8-18(22(12-5,13-6)14-7)16-15-17-23(19-9-2,20-10-3)21-11-4/h8-17H2,1-7H3. The van der Waals surface area contributed by atoms with Crippen LogP contribution in [-0.2, 0) is 13.3 Å². The van der Waals surface area contributed by atoms with Crippen molar-refractivity contribution < 1.29 is 13.3 Å². The van der Waals surface area contributed by atoms with Crippen LogP contribution in [0.15, 0.2) is 0 Å². The maximum Gasteiger partial charge on any atom is 0.500 e. The van der Waals surface area contributed by atoms with E-state index < -0.39 is 17.0 Å². The molecule has 0 aromatic rings. The summed E-state index contributed by atoms with van der Waals surface area (Å²) in [7, 11) is -3.75. The van der Waals surface area contributed by atoms with Crippen molar-refractivity contribution in [1.29, 1.82) is 0 Å². The van der Waals surface area contributed by atoms with Crippen LogP contribution in [0, 0.1) is 0 Å². The molecule has 140 valence electrons. The van der Waals surface area contributed by atoms with Crippen LogP contribution in [0.25, 0.3) is 0 Å². The molecule has 0 aliphatic rings. The highest BCUT2D eigenvalue weighted by Crippen LogP contribution is 2.26. The Morgan fingerprint density at radius 2 is 1.13 bits per heavy atom. The summed E-state index contributed by atoms with van der Waals surface area (Å²) in [6.45, 7) is 19.8. The van der Waals surface area contributed by atoms with Crippen LogP contribution < -0.4 is 0 Å². The fraction of sp³-hybridized carbons (Fsp3) is 1.00. The molecule has 0 heterocycles. The summed E-state index contributed by atoms with van der Waals surface area (Å²) in [6, 6.07) is 4.97. The smallest absolute Gasteiger partial charge is 0.374 e. The third kappa shape index (κ3) is 6.96. The lowest BCUT2D eigenvalue weighted by Crippen LogP contribution is -2.53. The molecular weight excluding hydrogens is 322 g/mol. The Labute approximate surface area is 147 Å². The summed E-state index contributed by atoms with van der Waals surface area (Å²) >= 11 is 0. The first-order valence-electron chi connectivity index (χ1n) is 9.70. The maximum absolute atomic E-state index is 5.98. The fourth-order valence-electron chi connectivity index (χ4n) is 3.64. The monoisotopic (exact) mass is 363 g/mol. The lowest BCUT2D eigenvalue weighted by Gasteiger charge is -2.41. The van der Waals surface area contributed by atoms with Gasteiger partial charge in [0.25, 0.3) is 0 Å². The van der Waals surface area contributed by atoms with E-state index in [1.807, 2.05) is 20.8 Å². The van der Waals surface area contributed by atoms with Gasteiger partial charge in [0.2, 0.25) is 0 Å². The minimum absolute atomic E-state index is 0.668. The molecule has 0 radical (unpaired) electrons. The molecule has 0 aromatic carbocycles. The maximum atomic E-state index is 5.98. The SMILES string of the molecule is CCO[Si](CCCN(CC)[Si](CC)(CC)CC)(OCC)OCC. The normalized spacial score (nSPS) is 13.0. The molecule has 0 aromatic heterocycles. The molecule has 23 heavy (non-hydrogen) atoms. The van der Waals surface area contributed by atoms with Gasteiger partial charge in [-0.1, -0.05) is 27.7 Å². The van der Waals surface area contributed by atoms with Crippen molar-refractivity contribution in [3.8, 4) is 0 Å². The van der Waals surface area contributed by atoms with Crippen LogP contribution in [0.2, 0.25) is 24.2 Å². The summed E-state index contributed by atoms with van der Waals surface area (Å²) in [5.41, 5.74) is 0.